The third-order valence-electron chi connectivity index (χ3n) is 3.41. The van der Waals surface area contributed by atoms with E-state index >= 15 is 0 Å². The number of hydrogen-bond acceptors (Lipinski definition) is 5. The first-order valence-electron chi connectivity index (χ1n) is 7.45. The number of hydrogen-bond donors (Lipinski definition) is 1. The predicted molar refractivity (Wildman–Crippen MR) is 88.9 cm³/mol. The van der Waals surface area contributed by atoms with E-state index < -0.39 is 12.5 Å². The minimum absolute atomic E-state index is 0.134. The summed E-state index contributed by atoms with van der Waals surface area (Å²) in [5.41, 5.74) is 0.628. The maximum Gasteiger partial charge on any atom is 0.387 e. The van der Waals surface area contributed by atoms with E-state index in [9.17, 15) is 13.6 Å². The first-order chi connectivity index (χ1) is 12.6. The number of aromatic nitrogens is 3. The second-order valence-electron chi connectivity index (χ2n) is 5.07. The maximum absolute atomic E-state index is 12.5. The van der Waals surface area contributed by atoms with Crippen LogP contribution in [0.3, 0.4) is 0 Å². The van der Waals surface area contributed by atoms with Gasteiger partial charge in [0, 0.05) is 35.9 Å². The van der Waals surface area contributed by atoms with Crippen molar-refractivity contribution in [2.45, 2.75) is 6.61 Å². The van der Waals surface area contributed by atoms with Gasteiger partial charge in [-0.1, -0.05) is 0 Å². The highest BCUT2D eigenvalue weighted by molar-refractivity contribution is 6.04. The Kier molecular flexibility index (Phi) is 5.07. The minimum Gasteiger partial charge on any atom is -0.493 e. The zero-order valence-electron chi connectivity index (χ0n) is 13.6. The number of halogens is 2. The molecule has 1 aromatic carbocycles. The molecule has 7 nitrogen and oxygen atoms in total. The number of rotatable bonds is 6. The first-order valence-corrected chi connectivity index (χ1v) is 7.45. The number of imidazole rings is 1. The van der Waals surface area contributed by atoms with Gasteiger partial charge in [-0.15, -0.1) is 0 Å². The lowest BCUT2D eigenvalue weighted by atomic mass is 10.2. The number of ether oxygens (including phenoxy) is 2. The number of pyridine rings is 1. The number of nitrogens with zero attached hydrogens (tertiary/aromatic N) is 3. The average molecular weight is 360 g/mol. The molecule has 0 fully saturated rings. The Labute approximate surface area is 147 Å². The SMILES string of the molecule is COc1ccc(NC(=O)c2ccnc(-n3ccnc3)c2)cc1OC(F)F. The van der Waals surface area contributed by atoms with Gasteiger partial charge < -0.3 is 14.8 Å². The summed E-state index contributed by atoms with van der Waals surface area (Å²) in [6, 6.07) is 7.33. The van der Waals surface area contributed by atoms with Crippen LogP contribution < -0.4 is 14.8 Å². The smallest absolute Gasteiger partial charge is 0.387 e. The van der Waals surface area contributed by atoms with Crippen LogP contribution >= 0.6 is 0 Å². The van der Waals surface area contributed by atoms with Crippen molar-refractivity contribution >= 4 is 11.6 Å². The molecule has 1 N–H and O–H groups in total. The van der Waals surface area contributed by atoms with E-state index in [0.29, 0.717) is 11.4 Å². The van der Waals surface area contributed by atoms with Crippen LogP contribution in [0.15, 0.2) is 55.2 Å². The highest BCUT2D eigenvalue weighted by atomic mass is 19.3. The summed E-state index contributed by atoms with van der Waals surface area (Å²) in [5, 5.41) is 2.62. The van der Waals surface area contributed by atoms with Gasteiger partial charge in [0.1, 0.15) is 12.1 Å². The molecule has 0 bridgehead atoms. The molecular weight excluding hydrogens is 346 g/mol. The fraction of sp³-hybridized carbons (Fsp3) is 0.118. The van der Waals surface area contributed by atoms with Crippen molar-refractivity contribution in [3.8, 4) is 17.3 Å². The van der Waals surface area contributed by atoms with E-state index in [4.69, 9.17) is 4.74 Å². The largest absolute Gasteiger partial charge is 0.493 e. The fourth-order valence-corrected chi connectivity index (χ4v) is 2.24. The molecular formula is C17H14F2N4O3. The van der Waals surface area contributed by atoms with Crippen molar-refractivity contribution in [1.82, 2.24) is 14.5 Å². The number of benzene rings is 1. The fourth-order valence-electron chi connectivity index (χ4n) is 2.24. The molecule has 1 amide bonds. The number of amides is 1. The molecule has 3 aromatic rings. The van der Waals surface area contributed by atoms with E-state index in [1.54, 1.807) is 29.4 Å². The Bertz CT molecular complexity index is 901. The topological polar surface area (TPSA) is 78.3 Å². The summed E-state index contributed by atoms with van der Waals surface area (Å²) in [6.45, 7) is -3.01. The first kappa shape index (κ1) is 17.3. The molecule has 26 heavy (non-hydrogen) atoms. The highest BCUT2D eigenvalue weighted by Crippen LogP contribution is 2.31. The summed E-state index contributed by atoms with van der Waals surface area (Å²) >= 11 is 0. The van der Waals surface area contributed by atoms with Crippen LogP contribution in [0, 0.1) is 0 Å². The van der Waals surface area contributed by atoms with Crippen LogP contribution in [0.4, 0.5) is 14.5 Å². The van der Waals surface area contributed by atoms with Gasteiger partial charge in [-0.05, 0) is 24.3 Å². The number of anilines is 1. The van der Waals surface area contributed by atoms with Crippen molar-refractivity contribution in [2.24, 2.45) is 0 Å². The molecule has 3 rings (SSSR count). The van der Waals surface area contributed by atoms with E-state index in [1.807, 2.05) is 0 Å². The van der Waals surface area contributed by atoms with Crippen LogP contribution in [0.25, 0.3) is 5.82 Å². The lowest BCUT2D eigenvalue weighted by Crippen LogP contribution is -2.13. The maximum atomic E-state index is 12.5. The normalized spacial score (nSPS) is 10.6. The molecule has 2 heterocycles. The molecule has 0 spiro atoms. The third kappa shape index (κ3) is 3.94. The number of nitrogens with one attached hydrogen (secondary N) is 1. The molecule has 0 unspecified atom stereocenters. The Balaban J connectivity index is 1.81. The average Bonchev–Trinajstić information content (AvgIpc) is 3.16. The summed E-state index contributed by atoms with van der Waals surface area (Å²) in [4.78, 5) is 20.5. The quantitative estimate of drug-likeness (QED) is 0.731. The van der Waals surface area contributed by atoms with Gasteiger partial charge in [0.05, 0.1) is 7.11 Å². The molecule has 0 aliphatic heterocycles. The molecule has 0 saturated carbocycles. The molecule has 2 aromatic heterocycles. The van der Waals surface area contributed by atoms with E-state index in [-0.39, 0.29) is 17.2 Å². The zero-order valence-corrected chi connectivity index (χ0v) is 13.6. The zero-order chi connectivity index (χ0) is 18.5. The van der Waals surface area contributed by atoms with Crippen LogP contribution in [0.5, 0.6) is 11.5 Å². The van der Waals surface area contributed by atoms with Crippen molar-refractivity contribution in [2.75, 3.05) is 12.4 Å². The molecule has 0 aliphatic carbocycles. The Morgan fingerprint density at radius 2 is 2.04 bits per heavy atom. The molecule has 0 aliphatic rings. The third-order valence-corrected chi connectivity index (χ3v) is 3.41. The number of carbonyl (C=O) groups is 1. The van der Waals surface area contributed by atoms with Crippen LogP contribution in [0.1, 0.15) is 10.4 Å². The number of methoxy groups -OCH3 is 1. The van der Waals surface area contributed by atoms with Crippen LogP contribution in [-0.2, 0) is 0 Å². The van der Waals surface area contributed by atoms with E-state index in [0.717, 1.165) is 0 Å². The van der Waals surface area contributed by atoms with Crippen molar-refractivity contribution in [3.05, 3.63) is 60.8 Å². The monoisotopic (exact) mass is 360 g/mol. The molecule has 0 saturated heterocycles. The van der Waals surface area contributed by atoms with Crippen molar-refractivity contribution in [1.29, 1.82) is 0 Å². The Hall–Kier alpha value is -3.49. The Morgan fingerprint density at radius 1 is 1.19 bits per heavy atom. The number of carbonyl (C=O) groups excluding carboxylic acids is 1. The molecule has 0 atom stereocenters. The molecule has 0 radical (unpaired) electrons. The molecule has 134 valence electrons. The van der Waals surface area contributed by atoms with Gasteiger partial charge in [-0.3, -0.25) is 9.36 Å². The van der Waals surface area contributed by atoms with Crippen LogP contribution in [-0.4, -0.2) is 34.2 Å². The summed E-state index contributed by atoms with van der Waals surface area (Å²) in [5.74, 6) is 0.0530. The minimum atomic E-state index is -3.01. The number of alkyl halides is 2. The summed E-state index contributed by atoms with van der Waals surface area (Å²) in [7, 11) is 1.33. The van der Waals surface area contributed by atoms with E-state index in [2.05, 4.69) is 20.0 Å². The van der Waals surface area contributed by atoms with Gasteiger partial charge in [0.2, 0.25) is 0 Å². The van der Waals surface area contributed by atoms with Gasteiger partial charge in [-0.25, -0.2) is 9.97 Å². The van der Waals surface area contributed by atoms with Crippen molar-refractivity contribution in [3.63, 3.8) is 0 Å². The van der Waals surface area contributed by atoms with Crippen molar-refractivity contribution < 1.29 is 23.0 Å². The second-order valence-corrected chi connectivity index (χ2v) is 5.07. The Morgan fingerprint density at radius 3 is 2.73 bits per heavy atom. The second kappa shape index (κ2) is 7.60. The van der Waals surface area contributed by atoms with Crippen LogP contribution in [0.2, 0.25) is 0 Å². The lowest BCUT2D eigenvalue weighted by molar-refractivity contribution is -0.0511. The highest BCUT2D eigenvalue weighted by Gasteiger charge is 2.14. The summed E-state index contributed by atoms with van der Waals surface area (Å²) in [6.07, 6.45) is 6.34. The predicted octanol–water partition coefficient (Wildman–Crippen LogP) is 3.13. The van der Waals surface area contributed by atoms with Gasteiger partial charge in [0.15, 0.2) is 11.5 Å². The lowest BCUT2D eigenvalue weighted by Gasteiger charge is -2.12. The summed E-state index contributed by atoms with van der Waals surface area (Å²) < 4.78 is 36.0. The molecule has 9 heteroatoms. The standard InChI is InChI=1S/C17H14F2N4O3/c1-25-13-3-2-12(9-14(13)26-17(18)19)22-16(24)11-4-5-21-15(8-11)23-7-6-20-10-23/h2-10,17H,1H3,(H,22,24). The van der Waals surface area contributed by atoms with E-state index in [1.165, 1.54) is 37.6 Å². The van der Waals surface area contributed by atoms with Gasteiger partial charge in [-0.2, -0.15) is 8.78 Å². The van der Waals surface area contributed by atoms with Gasteiger partial charge in [0.25, 0.3) is 5.91 Å². The van der Waals surface area contributed by atoms with Gasteiger partial charge >= 0.3 is 6.61 Å².